The number of imidazole rings is 1. The lowest BCUT2D eigenvalue weighted by Gasteiger charge is -2.27. The van der Waals surface area contributed by atoms with Crippen molar-refractivity contribution in [3.63, 3.8) is 0 Å². The summed E-state index contributed by atoms with van der Waals surface area (Å²) in [7, 11) is 4.02. The third-order valence-corrected chi connectivity index (χ3v) is 5.91. The van der Waals surface area contributed by atoms with Crippen LogP contribution in [0.1, 0.15) is 34.2 Å². The fourth-order valence-corrected chi connectivity index (χ4v) is 4.42. The number of hydrogen-bond donors (Lipinski definition) is 1. The highest BCUT2D eigenvalue weighted by Gasteiger charge is 2.52. The van der Waals surface area contributed by atoms with Crippen LogP contribution in [0.3, 0.4) is 0 Å². The maximum atomic E-state index is 13.7. The van der Waals surface area contributed by atoms with Crippen LogP contribution in [0.15, 0.2) is 48.7 Å². The Hall–Kier alpha value is -3.39. The van der Waals surface area contributed by atoms with Crippen molar-refractivity contribution in [2.24, 2.45) is 5.92 Å². The molecule has 0 bridgehead atoms. The monoisotopic (exact) mass is 437 g/mol. The maximum absolute atomic E-state index is 13.7. The van der Waals surface area contributed by atoms with Gasteiger partial charge in [0.25, 0.3) is 5.91 Å². The van der Waals surface area contributed by atoms with E-state index in [1.165, 1.54) is 34.1 Å². The first-order chi connectivity index (χ1) is 15.3. The summed E-state index contributed by atoms with van der Waals surface area (Å²) in [6, 6.07) is 10.2. The first kappa shape index (κ1) is 21.8. The number of nitrogens with one attached hydrogen (secondary N) is 1. The van der Waals surface area contributed by atoms with Gasteiger partial charge >= 0.3 is 0 Å². The smallest absolute Gasteiger partial charge is 0.291 e. The van der Waals surface area contributed by atoms with Crippen LogP contribution in [0.5, 0.6) is 0 Å². The van der Waals surface area contributed by atoms with E-state index in [0.29, 0.717) is 35.6 Å². The number of carbonyl (C=O) groups excluding carboxylic acids is 3. The zero-order valence-electron chi connectivity index (χ0n) is 18.3. The van der Waals surface area contributed by atoms with Gasteiger partial charge in [-0.15, -0.1) is 0 Å². The van der Waals surface area contributed by atoms with Crippen molar-refractivity contribution in [2.75, 3.05) is 27.2 Å². The van der Waals surface area contributed by atoms with Gasteiger partial charge in [0.2, 0.25) is 5.78 Å². The van der Waals surface area contributed by atoms with Crippen molar-refractivity contribution in [1.29, 1.82) is 0 Å². The van der Waals surface area contributed by atoms with E-state index >= 15 is 0 Å². The molecule has 2 atom stereocenters. The van der Waals surface area contributed by atoms with Gasteiger partial charge in [-0.1, -0.05) is 18.2 Å². The Bertz CT molecular complexity index is 1190. The van der Waals surface area contributed by atoms with Gasteiger partial charge in [0, 0.05) is 19.2 Å². The molecule has 1 saturated heterocycles. The second-order valence-corrected chi connectivity index (χ2v) is 8.49. The van der Waals surface area contributed by atoms with E-state index in [1.807, 2.05) is 20.2 Å². The largest absolute Gasteiger partial charge is 0.340 e. The Morgan fingerprint density at radius 2 is 1.84 bits per heavy atom. The number of fused-ring (bicyclic) bond motifs is 1. The second kappa shape index (κ2) is 8.63. The molecule has 1 N–H and O–H groups in total. The first-order valence-corrected chi connectivity index (χ1v) is 10.7. The minimum Gasteiger partial charge on any atom is -0.340 e. The molecule has 0 spiro atoms. The van der Waals surface area contributed by atoms with Gasteiger partial charge in [-0.05, 0) is 36.8 Å². The third kappa shape index (κ3) is 3.82. The Balaban J connectivity index is 1.78. The van der Waals surface area contributed by atoms with Crippen LogP contribution in [-0.2, 0) is 9.59 Å². The van der Waals surface area contributed by atoms with Crippen molar-refractivity contribution in [3.05, 3.63) is 71.4 Å². The Morgan fingerprint density at radius 3 is 2.53 bits per heavy atom. The van der Waals surface area contributed by atoms with Gasteiger partial charge in [0.05, 0.1) is 32.4 Å². The molecule has 0 radical (unpaired) electrons. The normalized spacial score (nSPS) is 18.8. The van der Waals surface area contributed by atoms with Gasteiger partial charge in [0.15, 0.2) is 5.78 Å². The molecule has 0 saturated carbocycles. The van der Waals surface area contributed by atoms with E-state index in [9.17, 15) is 18.8 Å². The highest BCUT2D eigenvalue weighted by atomic mass is 19.1. The molecule has 166 valence electrons. The van der Waals surface area contributed by atoms with Crippen LogP contribution >= 0.6 is 0 Å². The molecule has 1 aromatic carbocycles. The number of pyridine rings is 1. The van der Waals surface area contributed by atoms with E-state index in [1.54, 1.807) is 29.7 Å². The molecular weight excluding hydrogens is 411 g/mol. The predicted octanol–water partition coefficient (Wildman–Crippen LogP) is 1.27. The number of ketones is 2. The Kier molecular flexibility index (Phi) is 5.88. The molecular formula is C24H26FN4O3+. The Morgan fingerprint density at radius 1 is 1.12 bits per heavy atom. The molecule has 1 aliphatic rings. The van der Waals surface area contributed by atoms with E-state index in [2.05, 4.69) is 4.98 Å². The molecule has 3 heterocycles. The molecule has 1 aliphatic heterocycles. The van der Waals surface area contributed by atoms with E-state index in [0.717, 1.165) is 6.54 Å². The topological polar surface area (TPSA) is 76.2 Å². The van der Waals surface area contributed by atoms with Crippen molar-refractivity contribution in [3.8, 4) is 0 Å². The van der Waals surface area contributed by atoms with Gasteiger partial charge in [0.1, 0.15) is 23.1 Å². The van der Waals surface area contributed by atoms with Crippen LogP contribution < -0.4 is 4.90 Å². The fourth-order valence-electron chi connectivity index (χ4n) is 4.42. The van der Waals surface area contributed by atoms with Crippen LogP contribution in [-0.4, -0.2) is 58.9 Å². The average molecular weight is 437 g/mol. The molecule has 1 fully saturated rings. The maximum Gasteiger partial charge on any atom is 0.291 e. The van der Waals surface area contributed by atoms with Crippen LogP contribution in [0.4, 0.5) is 4.39 Å². The zero-order valence-corrected chi connectivity index (χ0v) is 18.3. The van der Waals surface area contributed by atoms with Gasteiger partial charge in [-0.3, -0.25) is 18.8 Å². The SMILES string of the molecule is Cc1nc2ccccn2c1C(=O)C1C(=O)C(=O)N(CCC[NH+](C)C)C1c1ccc(F)cc1. The molecule has 0 aliphatic carbocycles. The molecule has 1 amide bonds. The predicted molar refractivity (Wildman–Crippen MR) is 116 cm³/mol. The number of carbonyl (C=O) groups is 3. The molecule has 7 nitrogen and oxygen atoms in total. The summed E-state index contributed by atoms with van der Waals surface area (Å²) in [5.41, 5.74) is 1.94. The highest BCUT2D eigenvalue weighted by molar-refractivity contribution is 6.44. The van der Waals surface area contributed by atoms with Crippen molar-refractivity contribution >= 4 is 23.1 Å². The third-order valence-electron chi connectivity index (χ3n) is 5.91. The lowest BCUT2D eigenvalue weighted by molar-refractivity contribution is -0.858. The summed E-state index contributed by atoms with van der Waals surface area (Å²) >= 11 is 0. The van der Waals surface area contributed by atoms with E-state index in [4.69, 9.17) is 0 Å². The van der Waals surface area contributed by atoms with Gasteiger partial charge in [-0.2, -0.15) is 0 Å². The summed E-state index contributed by atoms with van der Waals surface area (Å²) < 4.78 is 15.2. The average Bonchev–Trinajstić information content (AvgIpc) is 3.22. The number of nitrogens with zero attached hydrogens (tertiary/aromatic N) is 3. The van der Waals surface area contributed by atoms with Crippen LogP contribution in [0, 0.1) is 18.7 Å². The lowest BCUT2D eigenvalue weighted by atomic mass is 9.87. The molecule has 2 aromatic heterocycles. The highest BCUT2D eigenvalue weighted by Crippen LogP contribution is 2.38. The van der Waals surface area contributed by atoms with E-state index < -0.39 is 35.3 Å². The second-order valence-electron chi connectivity index (χ2n) is 8.49. The molecule has 3 aromatic rings. The number of likely N-dealkylation sites (tertiary alicyclic amines) is 1. The molecule has 32 heavy (non-hydrogen) atoms. The Labute approximate surface area is 185 Å². The number of rotatable bonds is 7. The first-order valence-electron chi connectivity index (χ1n) is 10.7. The number of amides is 1. The van der Waals surface area contributed by atoms with Gasteiger partial charge in [-0.25, -0.2) is 9.37 Å². The number of aryl methyl sites for hydroxylation is 1. The summed E-state index contributed by atoms with van der Waals surface area (Å²) in [4.78, 5) is 47.0. The number of hydrogen-bond acceptors (Lipinski definition) is 4. The van der Waals surface area contributed by atoms with Crippen molar-refractivity contribution < 1.29 is 23.7 Å². The van der Waals surface area contributed by atoms with E-state index in [-0.39, 0.29) is 0 Å². The minimum absolute atomic E-state index is 0.290. The summed E-state index contributed by atoms with van der Waals surface area (Å²) in [6.45, 7) is 2.86. The molecule has 8 heteroatoms. The lowest BCUT2D eigenvalue weighted by Crippen LogP contribution is -3.05. The van der Waals surface area contributed by atoms with Crippen molar-refractivity contribution in [1.82, 2.24) is 14.3 Å². The number of benzene rings is 1. The van der Waals surface area contributed by atoms with Crippen molar-refractivity contribution in [2.45, 2.75) is 19.4 Å². The standard InChI is InChI=1S/C24H25FN4O3/c1-15-20(28-13-5-4-7-18(28)26-15)22(30)19-21(16-8-10-17(25)11-9-16)29(24(32)23(19)31)14-6-12-27(2)3/h4-5,7-11,13,19,21H,6,12,14H2,1-3H3/p+1. The number of halogens is 1. The quantitative estimate of drug-likeness (QED) is 0.343. The summed E-state index contributed by atoms with van der Waals surface area (Å²) in [5, 5.41) is 0. The fraction of sp³-hybridized carbons (Fsp3) is 0.333. The van der Waals surface area contributed by atoms with Gasteiger partial charge < -0.3 is 9.80 Å². The number of aromatic nitrogens is 2. The zero-order chi connectivity index (χ0) is 23.0. The molecule has 2 unspecified atom stereocenters. The summed E-state index contributed by atoms with van der Waals surface area (Å²) in [5.74, 6) is -3.48. The summed E-state index contributed by atoms with van der Waals surface area (Å²) in [6.07, 6.45) is 2.39. The molecule has 4 rings (SSSR count). The number of Topliss-reactive ketones (excluding diaryl/α,β-unsaturated/α-hetero) is 2. The minimum atomic E-state index is -1.21. The number of quaternary nitrogens is 1. The van der Waals surface area contributed by atoms with Crippen LogP contribution in [0.25, 0.3) is 5.65 Å². The van der Waals surface area contributed by atoms with Crippen LogP contribution in [0.2, 0.25) is 0 Å².